The molecule has 0 saturated heterocycles. The van der Waals surface area contributed by atoms with Crippen LogP contribution in [0.5, 0.6) is 5.75 Å². The zero-order chi connectivity index (χ0) is 14.5. The highest BCUT2D eigenvalue weighted by atomic mass is 16.5. The molecule has 20 heavy (non-hydrogen) atoms. The van der Waals surface area contributed by atoms with Crippen LogP contribution in [0.2, 0.25) is 0 Å². The van der Waals surface area contributed by atoms with Gasteiger partial charge in [-0.1, -0.05) is 19.1 Å². The fourth-order valence-electron chi connectivity index (χ4n) is 1.68. The first-order chi connectivity index (χ1) is 9.63. The first kappa shape index (κ1) is 13.9. The number of benzene rings is 1. The van der Waals surface area contributed by atoms with Crippen molar-refractivity contribution in [1.29, 1.82) is 0 Å². The molecule has 0 unspecified atom stereocenters. The molecule has 0 atom stereocenters. The summed E-state index contributed by atoms with van der Waals surface area (Å²) in [5.41, 5.74) is 1.43. The van der Waals surface area contributed by atoms with Crippen LogP contribution in [0.25, 0.3) is 0 Å². The number of amides is 1. The summed E-state index contributed by atoms with van der Waals surface area (Å²) < 4.78 is 9.86. The maximum absolute atomic E-state index is 11.9. The Bertz CT molecular complexity index is 658. The summed E-state index contributed by atoms with van der Waals surface area (Å²) in [7, 11) is 1.36. The third kappa shape index (κ3) is 3.06. The topological polar surface area (TPSA) is 68.5 Å². The Morgan fingerprint density at radius 3 is 2.55 bits per heavy atom. The van der Waals surface area contributed by atoms with Gasteiger partial charge < -0.3 is 14.5 Å². The molecule has 1 aromatic heterocycles. The number of carbonyl (C=O) groups excluding carboxylic acids is 1. The maximum atomic E-state index is 11.9. The zero-order valence-corrected chi connectivity index (χ0v) is 11.3. The van der Waals surface area contributed by atoms with Crippen molar-refractivity contribution in [3.63, 3.8) is 0 Å². The highest BCUT2D eigenvalue weighted by Gasteiger charge is 2.11. The van der Waals surface area contributed by atoms with Gasteiger partial charge in [0.15, 0.2) is 5.76 Å². The Morgan fingerprint density at radius 2 is 2.00 bits per heavy atom. The number of ether oxygens (including phenoxy) is 1. The van der Waals surface area contributed by atoms with E-state index in [9.17, 15) is 9.59 Å². The average molecular weight is 273 g/mol. The maximum Gasteiger partial charge on any atom is 0.291 e. The molecular weight excluding hydrogens is 258 g/mol. The third-order valence-electron chi connectivity index (χ3n) is 2.86. The number of methoxy groups -OCH3 is 1. The molecule has 1 heterocycles. The lowest BCUT2D eigenvalue weighted by Crippen LogP contribution is -2.15. The SMILES string of the molecule is CCc1ccc(NC(=O)c2cc(=O)c(OC)co2)cc1. The van der Waals surface area contributed by atoms with Crippen LogP contribution in [0.4, 0.5) is 5.69 Å². The smallest absolute Gasteiger partial charge is 0.291 e. The molecule has 0 aliphatic rings. The van der Waals surface area contributed by atoms with Crippen LogP contribution in [0.3, 0.4) is 0 Å². The fraction of sp³-hybridized carbons (Fsp3) is 0.200. The summed E-state index contributed by atoms with van der Waals surface area (Å²) >= 11 is 0. The molecule has 0 aliphatic heterocycles. The van der Waals surface area contributed by atoms with Crippen LogP contribution in [-0.2, 0) is 6.42 Å². The van der Waals surface area contributed by atoms with E-state index in [1.807, 2.05) is 12.1 Å². The first-order valence-corrected chi connectivity index (χ1v) is 6.21. The van der Waals surface area contributed by atoms with E-state index in [0.717, 1.165) is 18.8 Å². The van der Waals surface area contributed by atoms with Gasteiger partial charge in [0.2, 0.25) is 11.2 Å². The second-order valence-electron chi connectivity index (χ2n) is 4.18. The second-order valence-corrected chi connectivity index (χ2v) is 4.18. The monoisotopic (exact) mass is 273 g/mol. The van der Waals surface area contributed by atoms with Crippen molar-refractivity contribution in [3.05, 3.63) is 58.1 Å². The molecule has 104 valence electrons. The van der Waals surface area contributed by atoms with Crippen LogP contribution in [0.1, 0.15) is 23.0 Å². The second kappa shape index (κ2) is 6.06. The van der Waals surface area contributed by atoms with E-state index in [4.69, 9.17) is 9.15 Å². The zero-order valence-electron chi connectivity index (χ0n) is 11.3. The molecule has 1 N–H and O–H groups in total. The van der Waals surface area contributed by atoms with Gasteiger partial charge in [-0.3, -0.25) is 9.59 Å². The van der Waals surface area contributed by atoms with Crippen LogP contribution in [0, 0.1) is 0 Å². The van der Waals surface area contributed by atoms with Gasteiger partial charge in [-0.05, 0) is 24.1 Å². The van der Waals surface area contributed by atoms with Gasteiger partial charge in [-0.25, -0.2) is 0 Å². The predicted octanol–water partition coefficient (Wildman–Crippen LogP) is 2.46. The summed E-state index contributed by atoms with van der Waals surface area (Å²) in [6.07, 6.45) is 2.05. The van der Waals surface area contributed by atoms with Crippen molar-refractivity contribution in [2.24, 2.45) is 0 Å². The van der Waals surface area contributed by atoms with Crippen molar-refractivity contribution in [2.75, 3.05) is 12.4 Å². The van der Waals surface area contributed by atoms with Crippen LogP contribution < -0.4 is 15.5 Å². The van der Waals surface area contributed by atoms with Gasteiger partial charge >= 0.3 is 0 Å². The van der Waals surface area contributed by atoms with Crippen molar-refractivity contribution < 1.29 is 13.9 Å². The van der Waals surface area contributed by atoms with Crippen LogP contribution in [0.15, 0.2) is 45.8 Å². The first-order valence-electron chi connectivity index (χ1n) is 6.21. The molecule has 0 saturated carbocycles. The number of carbonyl (C=O) groups is 1. The Morgan fingerprint density at radius 1 is 1.30 bits per heavy atom. The molecule has 2 rings (SSSR count). The minimum atomic E-state index is -0.478. The minimum Gasteiger partial charge on any atom is -0.490 e. The normalized spacial score (nSPS) is 10.1. The van der Waals surface area contributed by atoms with E-state index in [-0.39, 0.29) is 11.5 Å². The standard InChI is InChI=1S/C15H15NO4/c1-3-10-4-6-11(7-5-10)16-15(18)13-8-12(17)14(19-2)9-20-13/h4-9H,3H2,1-2H3,(H,16,18). The lowest BCUT2D eigenvalue weighted by atomic mass is 10.1. The number of aryl methyl sites for hydroxylation is 1. The van der Waals surface area contributed by atoms with Gasteiger partial charge in [-0.2, -0.15) is 0 Å². The highest BCUT2D eigenvalue weighted by molar-refractivity contribution is 6.02. The van der Waals surface area contributed by atoms with E-state index < -0.39 is 11.3 Å². The largest absolute Gasteiger partial charge is 0.490 e. The van der Waals surface area contributed by atoms with E-state index in [1.54, 1.807) is 12.1 Å². The summed E-state index contributed by atoms with van der Waals surface area (Å²) in [5.74, 6) is -0.474. The Balaban J connectivity index is 2.15. The molecule has 5 nitrogen and oxygen atoms in total. The Hall–Kier alpha value is -2.56. The van der Waals surface area contributed by atoms with E-state index >= 15 is 0 Å². The van der Waals surface area contributed by atoms with E-state index in [0.29, 0.717) is 5.69 Å². The lowest BCUT2D eigenvalue weighted by Gasteiger charge is -2.05. The van der Waals surface area contributed by atoms with Gasteiger partial charge in [-0.15, -0.1) is 0 Å². The summed E-state index contributed by atoms with van der Waals surface area (Å²) in [6.45, 7) is 2.06. The molecular formula is C15H15NO4. The van der Waals surface area contributed by atoms with E-state index in [2.05, 4.69) is 12.2 Å². The number of rotatable bonds is 4. The molecule has 5 heteroatoms. The summed E-state index contributed by atoms with van der Waals surface area (Å²) in [5, 5.41) is 2.66. The molecule has 1 amide bonds. The van der Waals surface area contributed by atoms with Crippen molar-refractivity contribution >= 4 is 11.6 Å². The molecule has 0 bridgehead atoms. The average Bonchev–Trinajstić information content (AvgIpc) is 2.48. The summed E-state index contributed by atoms with van der Waals surface area (Å²) in [6, 6.07) is 8.57. The van der Waals surface area contributed by atoms with Crippen molar-refractivity contribution in [3.8, 4) is 5.75 Å². The van der Waals surface area contributed by atoms with Crippen LogP contribution in [-0.4, -0.2) is 13.0 Å². The summed E-state index contributed by atoms with van der Waals surface area (Å²) in [4.78, 5) is 23.5. The van der Waals surface area contributed by atoms with Crippen molar-refractivity contribution in [1.82, 2.24) is 0 Å². The molecule has 2 aromatic rings. The van der Waals surface area contributed by atoms with Gasteiger partial charge in [0.1, 0.15) is 6.26 Å². The number of anilines is 1. The van der Waals surface area contributed by atoms with Gasteiger partial charge in [0.05, 0.1) is 7.11 Å². The fourth-order valence-corrected chi connectivity index (χ4v) is 1.68. The quantitative estimate of drug-likeness (QED) is 0.929. The Labute approximate surface area is 116 Å². The predicted molar refractivity (Wildman–Crippen MR) is 75.3 cm³/mol. The van der Waals surface area contributed by atoms with Crippen molar-refractivity contribution in [2.45, 2.75) is 13.3 Å². The number of hydrogen-bond donors (Lipinski definition) is 1. The lowest BCUT2D eigenvalue weighted by molar-refractivity contribution is 0.0993. The van der Waals surface area contributed by atoms with Gasteiger partial charge in [0, 0.05) is 11.8 Å². The molecule has 0 aliphatic carbocycles. The Kier molecular flexibility index (Phi) is 4.20. The molecule has 0 fully saturated rings. The molecule has 0 radical (unpaired) electrons. The molecule has 0 spiro atoms. The van der Waals surface area contributed by atoms with Crippen LogP contribution >= 0.6 is 0 Å². The minimum absolute atomic E-state index is 0.0598. The number of hydrogen-bond acceptors (Lipinski definition) is 4. The molecule has 1 aromatic carbocycles. The van der Waals surface area contributed by atoms with E-state index in [1.165, 1.54) is 12.7 Å². The van der Waals surface area contributed by atoms with Gasteiger partial charge in [0.25, 0.3) is 5.91 Å². The highest BCUT2D eigenvalue weighted by Crippen LogP contribution is 2.12. The third-order valence-corrected chi connectivity index (χ3v) is 2.86. The number of nitrogens with one attached hydrogen (secondary N) is 1.